The summed E-state index contributed by atoms with van der Waals surface area (Å²) in [6.07, 6.45) is 5.54. The van der Waals surface area contributed by atoms with Crippen molar-refractivity contribution in [2.45, 2.75) is 25.8 Å². The Kier molecular flexibility index (Phi) is 8.63. The molecule has 0 bridgehead atoms. The number of piperidine rings is 1. The number of anilines is 1. The Balaban J connectivity index is 1.06. The molecule has 0 aliphatic carbocycles. The Morgan fingerprint density at radius 1 is 0.878 bits per heavy atom. The van der Waals surface area contributed by atoms with Crippen LogP contribution in [0.1, 0.15) is 24.8 Å². The van der Waals surface area contributed by atoms with Crippen molar-refractivity contribution in [2.24, 2.45) is 0 Å². The molecule has 6 rings (SSSR count). The van der Waals surface area contributed by atoms with Crippen LogP contribution in [0.2, 0.25) is 0 Å². The molecule has 2 aliphatic rings. The zero-order chi connectivity index (χ0) is 28.0. The van der Waals surface area contributed by atoms with Crippen molar-refractivity contribution in [3.63, 3.8) is 0 Å². The molecule has 0 saturated carbocycles. The standard InChI is InChI=1S/C32H38N6O2S/c1-39-29-20-27-28(21-30(29)40-18-17-36-11-5-2-6-12-36)34-23-35-31(27)37-13-15-38(16-14-37)32(41)33-22-24-9-10-25-7-3-4-8-26(25)19-24/h3-4,7-10,19-21,23H,2,5-6,11-18,22H2,1H3,(H,33,41). The maximum absolute atomic E-state index is 6.17. The first-order valence-corrected chi connectivity index (χ1v) is 15.0. The molecular formula is C32H38N6O2S. The predicted octanol–water partition coefficient (Wildman–Crippen LogP) is 4.85. The van der Waals surface area contributed by atoms with E-state index in [2.05, 4.69) is 72.4 Å². The van der Waals surface area contributed by atoms with Crippen LogP contribution in [-0.4, -0.2) is 84.4 Å². The molecule has 2 fully saturated rings. The molecule has 4 aromatic rings. The van der Waals surface area contributed by atoms with Crippen molar-refractivity contribution in [3.05, 3.63) is 66.5 Å². The van der Waals surface area contributed by atoms with Crippen LogP contribution in [0.4, 0.5) is 5.82 Å². The van der Waals surface area contributed by atoms with Crippen LogP contribution < -0.4 is 19.7 Å². The highest BCUT2D eigenvalue weighted by molar-refractivity contribution is 7.80. The first kappa shape index (κ1) is 27.5. The SMILES string of the molecule is COc1cc2c(N3CCN(C(=S)NCc4ccc5ccccc5c4)CC3)ncnc2cc1OCCN1CCCCC1. The molecule has 214 valence electrons. The first-order chi connectivity index (χ1) is 20.2. The number of likely N-dealkylation sites (tertiary alicyclic amines) is 1. The van der Waals surface area contributed by atoms with Crippen LogP contribution in [0.3, 0.4) is 0 Å². The maximum atomic E-state index is 6.17. The number of aromatic nitrogens is 2. The molecule has 41 heavy (non-hydrogen) atoms. The van der Waals surface area contributed by atoms with Gasteiger partial charge in [-0.1, -0.05) is 42.8 Å². The van der Waals surface area contributed by atoms with Crippen LogP contribution in [0, 0.1) is 0 Å². The number of methoxy groups -OCH3 is 1. The monoisotopic (exact) mass is 570 g/mol. The van der Waals surface area contributed by atoms with E-state index in [1.54, 1.807) is 13.4 Å². The fourth-order valence-corrected chi connectivity index (χ4v) is 6.06. The van der Waals surface area contributed by atoms with Crippen molar-refractivity contribution in [1.82, 2.24) is 25.1 Å². The zero-order valence-corrected chi connectivity index (χ0v) is 24.5. The minimum absolute atomic E-state index is 0.635. The number of benzene rings is 3. The summed E-state index contributed by atoms with van der Waals surface area (Å²) in [4.78, 5) is 16.3. The highest BCUT2D eigenvalue weighted by atomic mass is 32.1. The third kappa shape index (κ3) is 6.47. The molecule has 2 saturated heterocycles. The average molecular weight is 571 g/mol. The van der Waals surface area contributed by atoms with Crippen molar-refractivity contribution >= 4 is 44.8 Å². The lowest BCUT2D eigenvalue weighted by molar-refractivity contribution is 0.181. The van der Waals surface area contributed by atoms with E-state index >= 15 is 0 Å². The molecule has 8 nitrogen and oxygen atoms in total. The Bertz CT molecular complexity index is 1500. The Labute approximate surface area is 247 Å². The van der Waals surface area contributed by atoms with Gasteiger partial charge in [0.25, 0.3) is 0 Å². The minimum atomic E-state index is 0.635. The van der Waals surface area contributed by atoms with Crippen LogP contribution in [0.25, 0.3) is 21.7 Å². The lowest BCUT2D eigenvalue weighted by Crippen LogP contribution is -2.51. The largest absolute Gasteiger partial charge is 0.493 e. The topological polar surface area (TPSA) is 66.0 Å². The maximum Gasteiger partial charge on any atom is 0.169 e. The number of piperazine rings is 1. The van der Waals surface area contributed by atoms with Crippen molar-refractivity contribution in [3.8, 4) is 11.5 Å². The number of hydrogen-bond acceptors (Lipinski definition) is 7. The molecule has 3 aromatic carbocycles. The minimum Gasteiger partial charge on any atom is -0.493 e. The molecule has 2 aliphatic heterocycles. The highest BCUT2D eigenvalue weighted by Gasteiger charge is 2.22. The fraction of sp³-hybridized carbons (Fsp3) is 0.406. The van der Waals surface area contributed by atoms with E-state index in [-0.39, 0.29) is 0 Å². The van der Waals surface area contributed by atoms with Gasteiger partial charge in [0.2, 0.25) is 0 Å². The second kappa shape index (κ2) is 12.9. The quantitative estimate of drug-likeness (QED) is 0.300. The van der Waals surface area contributed by atoms with E-state index in [4.69, 9.17) is 21.7 Å². The summed E-state index contributed by atoms with van der Waals surface area (Å²) in [5.74, 6) is 2.36. The molecule has 0 radical (unpaired) electrons. The first-order valence-electron chi connectivity index (χ1n) is 14.6. The van der Waals surface area contributed by atoms with Gasteiger partial charge in [-0.25, -0.2) is 9.97 Å². The summed E-state index contributed by atoms with van der Waals surface area (Å²) in [5.41, 5.74) is 2.08. The van der Waals surface area contributed by atoms with Gasteiger partial charge in [-0.05, 0) is 66.6 Å². The summed E-state index contributed by atoms with van der Waals surface area (Å²) in [5, 5.41) is 7.71. The lowest BCUT2D eigenvalue weighted by atomic mass is 10.1. The van der Waals surface area contributed by atoms with Gasteiger partial charge in [0.15, 0.2) is 16.6 Å². The smallest absolute Gasteiger partial charge is 0.169 e. The molecule has 0 atom stereocenters. The van der Waals surface area contributed by atoms with E-state index in [1.807, 2.05) is 12.1 Å². The van der Waals surface area contributed by atoms with Crippen LogP contribution in [-0.2, 0) is 6.54 Å². The van der Waals surface area contributed by atoms with Crippen LogP contribution in [0.5, 0.6) is 11.5 Å². The number of ether oxygens (including phenoxy) is 2. The highest BCUT2D eigenvalue weighted by Crippen LogP contribution is 2.35. The summed E-state index contributed by atoms with van der Waals surface area (Å²) >= 11 is 5.76. The van der Waals surface area contributed by atoms with Crippen LogP contribution >= 0.6 is 12.2 Å². The number of nitrogens with one attached hydrogen (secondary N) is 1. The predicted molar refractivity (Wildman–Crippen MR) is 169 cm³/mol. The fourth-order valence-electron chi connectivity index (χ4n) is 5.80. The second-order valence-electron chi connectivity index (χ2n) is 10.8. The van der Waals surface area contributed by atoms with E-state index < -0.39 is 0 Å². The summed E-state index contributed by atoms with van der Waals surface area (Å²) in [6.45, 7) is 7.88. The van der Waals surface area contributed by atoms with Gasteiger partial charge in [0, 0.05) is 50.7 Å². The van der Waals surface area contributed by atoms with Gasteiger partial charge >= 0.3 is 0 Å². The number of thiocarbonyl (C=S) groups is 1. The van der Waals surface area contributed by atoms with E-state index in [0.29, 0.717) is 18.9 Å². The number of hydrogen-bond donors (Lipinski definition) is 1. The molecule has 0 unspecified atom stereocenters. The van der Waals surface area contributed by atoms with Gasteiger partial charge in [-0.2, -0.15) is 0 Å². The molecule has 3 heterocycles. The van der Waals surface area contributed by atoms with Gasteiger partial charge in [-0.15, -0.1) is 0 Å². The van der Waals surface area contributed by atoms with Gasteiger partial charge < -0.3 is 24.6 Å². The van der Waals surface area contributed by atoms with Crippen LogP contribution in [0.15, 0.2) is 60.9 Å². The molecular weight excluding hydrogens is 532 g/mol. The summed E-state index contributed by atoms with van der Waals surface area (Å²) in [6, 6.07) is 19.0. The molecule has 0 amide bonds. The molecule has 1 N–H and O–H groups in total. The second-order valence-corrected chi connectivity index (χ2v) is 11.2. The molecule has 1 aromatic heterocycles. The normalized spacial score (nSPS) is 16.2. The van der Waals surface area contributed by atoms with Crippen molar-refractivity contribution in [2.75, 3.05) is 64.4 Å². The van der Waals surface area contributed by atoms with E-state index in [0.717, 1.165) is 73.4 Å². The van der Waals surface area contributed by atoms with E-state index in [1.165, 1.54) is 35.6 Å². The summed E-state index contributed by atoms with van der Waals surface area (Å²) < 4.78 is 11.9. The zero-order valence-electron chi connectivity index (χ0n) is 23.7. The lowest BCUT2D eigenvalue weighted by Gasteiger charge is -2.37. The third-order valence-electron chi connectivity index (χ3n) is 8.14. The average Bonchev–Trinajstić information content (AvgIpc) is 3.03. The Morgan fingerprint density at radius 3 is 2.49 bits per heavy atom. The molecule has 0 spiro atoms. The van der Waals surface area contributed by atoms with Crippen molar-refractivity contribution in [1.29, 1.82) is 0 Å². The van der Waals surface area contributed by atoms with Gasteiger partial charge in [0.05, 0.1) is 12.6 Å². The van der Waals surface area contributed by atoms with E-state index in [9.17, 15) is 0 Å². The number of nitrogens with zero attached hydrogens (tertiary/aromatic N) is 5. The molecule has 9 heteroatoms. The van der Waals surface area contributed by atoms with Gasteiger partial charge in [-0.3, -0.25) is 4.90 Å². The number of rotatable bonds is 8. The Morgan fingerprint density at radius 2 is 1.68 bits per heavy atom. The van der Waals surface area contributed by atoms with Gasteiger partial charge in [0.1, 0.15) is 18.8 Å². The van der Waals surface area contributed by atoms with Crippen molar-refractivity contribution < 1.29 is 9.47 Å². The summed E-state index contributed by atoms with van der Waals surface area (Å²) in [7, 11) is 1.69. The third-order valence-corrected chi connectivity index (χ3v) is 8.54. The Hall–Kier alpha value is -3.69. The number of fused-ring (bicyclic) bond motifs is 2.